The standard InChI is InChI=1S/C18H20P2/c1-13(15-5-9-17(19)10-6-15)3-4-14(2)16-7-11-18(20)12-8-16/h3-12H,19-20H2,1-2H3/b13-3+,14-4+. The maximum Gasteiger partial charge on any atom is -0.0227 e. The first kappa shape index (κ1) is 15.2. The fourth-order valence-electron chi connectivity index (χ4n) is 1.93. The van der Waals surface area contributed by atoms with Crippen LogP contribution in [0.5, 0.6) is 0 Å². The SMILES string of the molecule is C/C(=C\C=C(/C)c1ccc(P)cc1)c1ccc(P)cc1. The molecule has 0 aromatic heterocycles. The average molecular weight is 298 g/mol. The summed E-state index contributed by atoms with van der Waals surface area (Å²) >= 11 is 0. The predicted molar refractivity (Wildman–Crippen MR) is 98.9 cm³/mol. The summed E-state index contributed by atoms with van der Waals surface area (Å²) < 4.78 is 0. The monoisotopic (exact) mass is 298 g/mol. The third-order valence-corrected chi connectivity index (χ3v) is 4.09. The van der Waals surface area contributed by atoms with E-state index in [0.717, 1.165) is 0 Å². The van der Waals surface area contributed by atoms with Gasteiger partial charge >= 0.3 is 0 Å². The zero-order valence-electron chi connectivity index (χ0n) is 11.9. The quantitative estimate of drug-likeness (QED) is 0.588. The fraction of sp³-hybridized carbons (Fsp3) is 0.111. The molecule has 0 fully saturated rings. The second kappa shape index (κ2) is 6.98. The van der Waals surface area contributed by atoms with E-state index < -0.39 is 0 Å². The van der Waals surface area contributed by atoms with Crippen LogP contribution in [0.4, 0.5) is 0 Å². The first-order valence-electron chi connectivity index (χ1n) is 6.63. The van der Waals surface area contributed by atoms with Crippen LogP contribution < -0.4 is 10.6 Å². The van der Waals surface area contributed by atoms with Crippen molar-refractivity contribution in [2.45, 2.75) is 13.8 Å². The van der Waals surface area contributed by atoms with E-state index in [0.29, 0.717) is 0 Å². The third kappa shape index (κ3) is 4.14. The summed E-state index contributed by atoms with van der Waals surface area (Å²) in [5.74, 6) is 0. The molecule has 0 saturated carbocycles. The molecule has 0 spiro atoms. The second-order valence-corrected chi connectivity index (χ2v) is 6.28. The molecule has 20 heavy (non-hydrogen) atoms. The lowest BCUT2D eigenvalue weighted by molar-refractivity contribution is 1.56. The molecule has 2 atom stereocenters. The summed E-state index contributed by atoms with van der Waals surface area (Å²) in [4.78, 5) is 0. The molecule has 2 unspecified atom stereocenters. The molecule has 0 bridgehead atoms. The van der Waals surface area contributed by atoms with Crippen LogP contribution in [-0.2, 0) is 0 Å². The van der Waals surface area contributed by atoms with Gasteiger partial charge in [0.1, 0.15) is 0 Å². The van der Waals surface area contributed by atoms with Crippen LogP contribution in [-0.4, -0.2) is 0 Å². The molecule has 2 rings (SSSR count). The normalized spacial score (nSPS) is 12.6. The highest BCUT2D eigenvalue weighted by Gasteiger charge is 1.96. The van der Waals surface area contributed by atoms with Crippen molar-refractivity contribution in [3.63, 3.8) is 0 Å². The molecule has 102 valence electrons. The Labute approximate surface area is 126 Å². The molecule has 0 aliphatic heterocycles. The van der Waals surface area contributed by atoms with Crippen molar-refractivity contribution in [3.8, 4) is 0 Å². The first-order valence-corrected chi connectivity index (χ1v) is 7.79. The topological polar surface area (TPSA) is 0 Å². The van der Waals surface area contributed by atoms with Gasteiger partial charge in [0.15, 0.2) is 0 Å². The summed E-state index contributed by atoms with van der Waals surface area (Å²) in [6.07, 6.45) is 4.36. The van der Waals surface area contributed by atoms with E-state index in [1.54, 1.807) is 0 Å². The Morgan fingerprint density at radius 2 is 0.950 bits per heavy atom. The molecular weight excluding hydrogens is 278 g/mol. The largest absolute Gasteiger partial charge is 0.106 e. The Morgan fingerprint density at radius 1 is 0.650 bits per heavy atom. The van der Waals surface area contributed by atoms with Gasteiger partial charge in [-0.1, -0.05) is 60.7 Å². The maximum absolute atomic E-state index is 2.71. The van der Waals surface area contributed by atoms with Gasteiger partial charge < -0.3 is 0 Å². The van der Waals surface area contributed by atoms with Gasteiger partial charge in [-0.3, -0.25) is 0 Å². The molecule has 2 heteroatoms. The Kier molecular flexibility index (Phi) is 5.30. The molecular formula is C18H20P2. The number of allylic oxidation sites excluding steroid dienone is 4. The summed E-state index contributed by atoms with van der Waals surface area (Å²) in [6.45, 7) is 4.29. The molecule has 0 radical (unpaired) electrons. The van der Waals surface area contributed by atoms with Crippen molar-refractivity contribution in [3.05, 3.63) is 71.8 Å². The highest BCUT2D eigenvalue weighted by Crippen LogP contribution is 2.17. The zero-order chi connectivity index (χ0) is 14.5. The summed E-state index contributed by atoms with van der Waals surface area (Å²) in [7, 11) is 5.42. The van der Waals surface area contributed by atoms with E-state index in [1.807, 2.05) is 0 Å². The van der Waals surface area contributed by atoms with Crippen LogP contribution in [0.3, 0.4) is 0 Å². The van der Waals surface area contributed by atoms with Crippen LogP contribution in [0, 0.1) is 0 Å². The number of hydrogen-bond acceptors (Lipinski definition) is 0. The van der Waals surface area contributed by atoms with E-state index in [2.05, 4.69) is 93.0 Å². The minimum atomic E-state index is 1.21. The molecule has 2 aromatic rings. The fourth-order valence-corrected chi connectivity index (χ4v) is 2.32. The van der Waals surface area contributed by atoms with E-state index in [1.165, 1.54) is 32.9 Å². The highest BCUT2D eigenvalue weighted by molar-refractivity contribution is 7.27. The van der Waals surface area contributed by atoms with Crippen molar-refractivity contribution in [1.82, 2.24) is 0 Å². The zero-order valence-corrected chi connectivity index (χ0v) is 14.2. The third-order valence-electron chi connectivity index (χ3n) is 3.32. The Hall–Kier alpha value is -1.22. The van der Waals surface area contributed by atoms with Crippen molar-refractivity contribution in [2.24, 2.45) is 0 Å². The van der Waals surface area contributed by atoms with Crippen LogP contribution in [0.1, 0.15) is 25.0 Å². The number of hydrogen-bond donors (Lipinski definition) is 0. The van der Waals surface area contributed by atoms with Crippen molar-refractivity contribution >= 4 is 40.2 Å². The first-order chi connectivity index (χ1) is 9.56. The lowest BCUT2D eigenvalue weighted by atomic mass is 10.0. The lowest BCUT2D eigenvalue weighted by Gasteiger charge is -2.03. The van der Waals surface area contributed by atoms with Crippen LogP contribution >= 0.6 is 18.5 Å². The average Bonchev–Trinajstić information content (AvgIpc) is 2.46. The smallest absolute Gasteiger partial charge is 0.0227 e. The highest BCUT2D eigenvalue weighted by atomic mass is 31.0. The summed E-state index contributed by atoms with van der Waals surface area (Å²) in [5.41, 5.74) is 5.08. The maximum atomic E-state index is 2.71. The van der Waals surface area contributed by atoms with E-state index in [-0.39, 0.29) is 0 Å². The number of benzene rings is 2. The van der Waals surface area contributed by atoms with Gasteiger partial charge in [-0.05, 0) is 46.7 Å². The van der Waals surface area contributed by atoms with Crippen molar-refractivity contribution in [2.75, 3.05) is 0 Å². The molecule has 0 amide bonds. The molecule has 0 aliphatic carbocycles. The van der Waals surface area contributed by atoms with Gasteiger partial charge in [0.05, 0.1) is 0 Å². The van der Waals surface area contributed by atoms with Gasteiger partial charge in [-0.15, -0.1) is 18.5 Å². The van der Waals surface area contributed by atoms with Crippen molar-refractivity contribution in [1.29, 1.82) is 0 Å². The Bertz CT molecular complexity index is 573. The molecule has 0 aliphatic rings. The van der Waals surface area contributed by atoms with Gasteiger partial charge in [0.2, 0.25) is 0 Å². The molecule has 0 saturated heterocycles. The van der Waals surface area contributed by atoms with Crippen LogP contribution in [0.2, 0.25) is 0 Å². The molecule has 0 nitrogen and oxygen atoms in total. The van der Waals surface area contributed by atoms with E-state index in [9.17, 15) is 0 Å². The predicted octanol–water partition coefficient (Wildman–Crippen LogP) is 4.19. The molecule has 0 N–H and O–H groups in total. The van der Waals surface area contributed by atoms with Gasteiger partial charge in [-0.2, -0.15) is 0 Å². The Morgan fingerprint density at radius 3 is 1.25 bits per heavy atom. The summed E-state index contributed by atoms with van der Waals surface area (Å²) in [6, 6.07) is 17.1. The Balaban J connectivity index is 2.19. The van der Waals surface area contributed by atoms with Gasteiger partial charge in [0.25, 0.3) is 0 Å². The van der Waals surface area contributed by atoms with Crippen LogP contribution in [0.15, 0.2) is 60.7 Å². The van der Waals surface area contributed by atoms with Gasteiger partial charge in [-0.25, -0.2) is 0 Å². The van der Waals surface area contributed by atoms with Crippen LogP contribution in [0.25, 0.3) is 11.1 Å². The van der Waals surface area contributed by atoms with Crippen molar-refractivity contribution < 1.29 is 0 Å². The summed E-state index contributed by atoms with van der Waals surface area (Å²) in [5, 5.41) is 2.43. The van der Waals surface area contributed by atoms with Gasteiger partial charge in [0, 0.05) is 0 Å². The number of rotatable bonds is 3. The lowest BCUT2D eigenvalue weighted by Crippen LogP contribution is -1.90. The minimum absolute atomic E-state index is 1.21. The van der Waals surface area contributed by atoms with E-state index >= 15 is 0 Å². The molecule has 0 heterocycles. The second-order valence-electron chi connectivity index (χ2n) is 4.94. The van der Waals surface area contributed by atoms with E-state index in [4.69, 9.17) is 0 Å². The molecule has 2 aromatic carbocycles. The minimum Gasteiger partial charge on any atom is -0.106 e.